The highest BCUT2D eigenvalue weighted by molar-refractivity contribution is 6.07. The van der Waals surface area contributed by atoms with Crippen molar-refractivity contribution in [2.75, 3.05) is 17.6 Å². The minimum atomic E-state index is -0.880. The number of amides is 2. The predicted molar refractivity (Wildman–Crippen MR) is 140 cm³/mol. The molecule has 1 aliphatic heterocycles. The summed E-state index contributed by atoms with van der Waals surface area (Å²) in [4.78, 5) is 30.5. The summed E-state index contributed by atoms with van der Waals surface area (Å²) in [5.41, 5.74) is 9.54. The number of hydrogen-bond acceptors (Lipinski definition) is 5. The molecule has 9 heteroatoms. The number of aromatic nitrogens is 3. The molecule has 36 heavy (non-hydrogen) atoms. The van der Waals surface area contributed by atoms with Crippen molar-refractivity contribution in [2.45, 2.75) is 59.0 Å². The highest BCUT2D eigenvalue weighted by Crippen LogP contribution is 2.37. The van der Waals surface area contributed by atoms with Crippen LogP contribution < -0.4 is 11.1 Å². The number of nitrogens with one attached hydrogen (secondary N) is 1. The van der Waals surface area contributed by atoms with E-state index >= 15 is 0 Å². The van der Waals surface area contributed by atoms with Gasteiger partial charge in [-0.3, -0.25) is 9.48 Å². The summed E-state index contributed by atoms with van der Waals surface area (Å²) in [7, 11) is 0. The summed E-state index contributed by atoms with van der Waals surface area (Å²) in [6, 6.07) is 9.40. The van der Waals surface area contributed by atoms with Crippen molar-refractivity contribution < 1.29 is 14.7 Å². The number of rotatable bonds is 5. The highest BCUT2D eigenvalue weighted by Gasteiger charge is 2.39. The lowest BCUT2D eigenvalue weighted by molar-refractivity contribution is 0.0408. The molecule has 4 N–H and O–H groups in total. The molecule has 1 saturated heterocycles. The Labute approximate surface area is 211 Å². The molecule has 4 rings (SSSR count). The van der Waals surface area contributed by atoms with Crippen molar-refractivity contribution in [3.8, 4) is 11.1 Å². The van der Waals surface area contributed by atoms with Gasteiger partial charge in [0.15, 0.2) is 0 Å². The van der Waals surface area contributed by atoms with Crippen molar-refractivity contribution in [1.29, 1.82) is 0 Å². The molecular formula is C27H34N6O3. The third-order valence-corrected chi connectivity index (χ3v) is 6.89. The Kier molecular flexibility index (Phi) is 7.01. The van der Waals surface area contributed by atoms with E-state index in [0.29, 0.717) is 30.6 Å². The van der Waals surface area contributed by atoms with E-state index in [1.807, 2.05) is 35.1 Å². The number of piperidine rings is 1. The van der Waals surface area contributed by atoms with Gasteiger partial charge < -0.3 is 21.1 Å². The van der Waals surface area contributed by atoms with Crippen LogP contribution in [0.15, 0.2) is 48.9 Å². The molecule has 190 valence electrons. The number of benzene rings is 1. The number of nitrogens with zero attached hydrogens (tertiary/aromatic N) is 4. The summed E-state index contributed by atoms with van der Waals surface area (Å²) in [6.07, 6.45) is 6.67. The zero-order valence-electron chi connectivity index (χ0n) is 21.2. The van der Waals surface area contributed by atoms with E-state index in [9.17, 15) is 14.7 Å². The van der Waals surface area contributed by atoms with Gasteiger partial charge in [0.1, 0.15) is 5.82 Å². The monoisotopic (exact) mass is 490 g/mol. The number of nitrogen functional groups attached to an aromatic ring is 1. The summed E-state index contributed by atoms with van der Waals surface area (Å²) in [5, 5.41) is 17.1. The van der Waals surface area contributed by atoms with Gasteiger partial charge in [-0.05, 0) is 48.4 Å². The fourth-order valence-electron chi connectivity index (χ4n) is 4.81. The molecule has 3 aromatic rings. The van der Waals surface area contributed by atoms with Gasteiger partial charge in [-0.15, -0.1) is 0 Å². The number of anilines is 2. The van der Waals surface area contributed by atoms with Crippen LogP contribution in [0.4, 0.5) is 16.3 Å². The Morgan fingerprint density at radius 2 is 1.97 bits per heavy atom. The van der Waals surface area contributed by atoms with E-state index in [1.165, 1.54) is 0 Å². The van der Waals surface area contributed by atoms with Gasteiger partial charge in [0.25, 0.3) is 5.91 Å². The maximum atomic E-state index is 13.0. The standard InChI is InChI=1S/C27H34N6O3/c1-5-17-7-6-8-20(11-17)31-25(34)22-12-18(14-29-24(22)28)19-15-30-33(16-19)21-9-10-32(26(35)36)23(13-21)27(2,3)4/h6-8,11-12,14-16,21,23H,5,9-10,13H2,1-4H3,(H2,28,29)(H,31,34)(H,35,36). The Hall–Kier alpha value is -3.88. The molecule has 1 fully saturated rings. The normalized spacial score (nSPS) is 18.2. The molecule has 2 aromatic heterocycles. The first kappa shape index (κ1) is 25.2. The topological polar surface area (TPSA) is 126 Å². The van der Waals surface area contributed by atoms with E-state index in [4.69, 9.17) is 5.73 Å². The van der Waals surface area contributed by atoms with Crippen molar-refractivity contribution in [3.05, 3.63) is 60.0 Å². The number of pyridine rings is 1. The van der Waals surface area contributed by atoms with Gasteiger partial charge in [-0.25, -0.2) is 9.78 Å². The number of aryl methyl sites for hydroxylation is 1. The SMILES string of the molecule is CCc1cccc(NC(=O)c2cc(-c3cnn(C4CCN(C(=O)O)C(C(C)(C)C)C4)c3)cnc2N)c1. The number of carbonyl (C=O) groups excluding carboxylic acids is 1. The van der Waals surface area contributed by atoms with Crippen LogP contribution in [0, 0.1) is 5.41 Å². The second-order valence-corrected chi connectivity index (χ2v) is 10.4. The lowest BCUT2D eigenvalue weighted by Crippen LogP contribution is -2.51. The zero-order valence-corrected chi connectivity index (χ0v) is 21.2. The average molecular weight is 491 g/mol. The van der Waals surface area contributed by atoms with Gasteiger partial charge in [-0.1, -0.05) is 39.8 Å². The largest absolute Gasteiger partial charge is 0.465 e. The molecule has 0 aliphatic carbocycles. The number of carbonyl (C=O) groups is 2. The average Bonchev–Trinajstić information content (AvgIpc) is 3.34. The van der Waals surface area contributed by atoms with E-state index < -0.39 is 6.09 Å². The number of hydrogen-bond donors (Lipinski definition) is 3. The minimum Gasteiger partial charge on any atom is -0.465 e. The maximum absolute atomic E-state index is 13.0. The first-order chi connectivity index (χ1) is 17.1. The number of likely N-dealkylation sites (tertiary alicyclic amines) is 1. The van der Waals surface area contributed by atoms with E-state index in [0.717, 1.165) is 23.1 Å². The fraction of sp³-hybridized carbons (Fsp3) is 0.407. The lowest BCUT2D eigenvalue weighted by atomic mass is 9.79. The maximum Gasteiger partial charge on any atom is 0.407 e. The third kappa shape index (κ3) is 5.35. The van der Waals surface area contributed by atoms with E-state index in [2.05, 4.69) is 43.1 Å². The molecule has 0 spiro atoms. The molecule has 2 atom stereocenters. The molecular weight excluding hydrogens is 456 g/mol. The molecule has 2 amide bonds. The first-order valence-corrected chi connectivity index (χ1v) is 12.3. The van der Waals surface area contributed by atoms with Crippen molar-refractivity contribution in [2.24, 2.45) is 5.41 Å². The lowest BCUT2D eigenvalue weighted by Gasteiger charge is -2.44. The van der Waals surface area contributed by atoms with Crippen LogP contribution in [-0.2, 0) is 6.42 Å². The first-order valence-electron chi connectivity index (χ1n) is 12.3. The molecule has 9 nitrogen and oxygen atoms in total. The second kappa shape index (κ2) is 10.0. The predicted octanol–water partition coefficient (Wildman–Crippen LogP) is 5.07. The van der Waals surface area contributed by atoms with Gasteiger partial charge in [0, 0.05) is 41.8 Å². The summed E-state index contributed by atoms with van der Waals surface area (Å²) in [6.45, 7) is 8.72. The molecule has 1 aliphatic rings. The Morgan fingerprint density at radius 3 is 2.67 bits per heavy atom. The van der Waals surface area contributed by atoms with Crippen molar-refractivity contribution in [1.82, 2.24) is 19.7 Å². The highest BCUT2D eigenvalue weighted by atomic mass is 16.4. The number of carboxylic acid groups (broad SMARTS) is 1. The third-order valence-electron chi connectivity index (χ3n) is 6.89. The van der Waals surface area contributed by atoms with Gasteiger partial charge in [0.2, 0.25) is 0 Å². The van der Waals surface area contributed by atoms with Crippen LogP contribution >= 0.6 is 0 Å². The molecule has 3 heterocycles. The summed E-state index contributed by atoms with van der Waals surface area (Å²) in [5.74, 6) is -0.166. The fourth-order valence-corrected chi connectivity index (χ4v) is 4.81. The van der Waals surface area contributed by atoms with Crippen LogP contribution in [0.2, 0.25) is 0 Å². The van der Waals surface area contributed by atoms with Crippen LogP contribution in [0.3, 0.4) is 0 Å². The smallest absolute Gasteiger partial charge is 0.407 e. The van der Waals surface area contributed by atoms with E-state index in [-0.39, 0.29) is 29.2 Å². The Morgan fingerprint density at radius 1 is 1.19 bits per heavy atom. The van der Waals surface area contributed by atoms with Crippen molar-refractivity contribution in [3.63, 3.8) is 0 Å². The van der Waals surface area contributed by atoms with Gasteiger partial charge >= 0.3 is 6.09 Å². The zero-order chi connectivity index (χ0) is 26.0. The molecule has 2 unspecified atom stereocenters. The molecule has 0 radical (unpaired) electrons. The summed E-state index contributed by atoms with van der Waals surface area (Å²) < 4.78 is 1.90. The summed E-state index contributed by atoms with van der Waals surface area (Å²) >= 11 is 0. The Bertz CT molecular complexity index is 1260. The van der Waals surface area contributed by atoms with Crippen LogP contribution in [0.1, 0.15) is 62.5 Å². The molecule has 1 aromatic carbocycles. The van der Waals surface area contributed by atoms with Crippen LogP contribution in [0.25, 0.3) is 11.1 Å². The minimum absolute atomic E-state index is 0.0777. The van der Waals surface area contributed by atoms with E-state index in [1.54, 1.807) is 23.4 Å². The molecule has 0 bridgehead atoms. The van der Waals surface area contributed by atoms with Crippen LogP contribution in [0.5, 0.6) is 0 Å². The van der Waals surface area contributed by atoms with Crippen molar-refractivity contribution >= 4 is 23.5 Å². The van der Waals surface area contributed by atoms with Gasteiger partial charge in [0.05, 0.1) is 17.8 Å². The van der Waals surface area contributed by atoms with Crippen LogP contribution in [-0.4, -0.2) is 49.4 Å². The Balaban J connectivity index is 1.54. The number of nitrogens with two attached hydrogens (primary N) is 1. The quantitative estimate of drug-likeness (QED) is 0.458. The second-order valence-electron chi connectivity index (χ2n) is 10.4. The van der Waals surface area contributed by atoms with Gasteiger partial charge in [-0.2, -0.15) is 5.10 Å². The molecule has 0 saturated carbocycles.